The molecule has 9 heteroatoms. The predicted octanol–water partition coefficient (Wildman–Crippen LogP) is 4.22. The van der Waals surface area contributed by atoms with Crippen molar-refractivity contribution >= 4 is 11.6 Å². The van der Waals surface area contributed by atoms with E-state index in [9.17, 15) is 5.11 Å². The fourth-order valence-corrected chi connectivity index (χ4v) is 4.56. The molecule has 4 rings (SSSR count). The van der Waals surface area contributed by atoms with Crippen molar-refractivity contribution in [2.45, 2.75) is 38.5 Å². The highest BCUT2D eigenvalue weighted by atomic mass is 35.5. The summed E-state index contributed by atoms with van der Waals surface area (Å²) in [6.07, 6.45) is 5.62. The Hall–Kier alpha value is -2.78. The molecule has 1 aliphatic heterocycles. The quantitative estimate of drug-likeness (QED) is 0.352. The molecule has 0 saturated carbocycles. The Morgan fingerprint density at radius 2 is 1.97 bits per heavy atom. The maximum Gasteiger partial charge on any atom is 0.161 e. The zero-order chi connectivity index (χ0) is 26.1. The zero-order valence-electron chi connectivity index (χ0n) is 21.6. The number of benzene rings is 2. The van der Waals surface area contributed by atoms with Gasteiger partial charge >= 0.3 is 0 Å². The molecule has 1 aliphatic rings. The summed E-state index contributed by atoms with van der Waals surface area (Å²) in [5.74, 6) is 3.16. The van der Waals surface area contributed by atoms with Gasteiger partial charge in [-0.15, -0.1) is 0 Å². The minimum absolute atomic E-state index is 0.124. The Balaban J connectivity index is 1.34. The maximum atomic E-state index is 11.2. The van der Waals surface area contributed by atoms with Crippen LogP contribution < -0.4 is 14.2 Å². The number of methoxy groups -OCH3 is 1. The molecule has 37 heavy (non-hydrogen) atoms. The number of rotatable bonds is 12. The molecule has 0 bridgehead atoms. The van der Waals surface area contributed by atoms with E-state index in [2.05, 4.69) is 21.4 Å². The second-order valence-electron chi connectivity index (χ2n) is 9.31. The third-order valence-corrected chi connectivity index (χ3v) is 6.57. The number of β-amino-alcohol motifs (C(OH)–C–C–N with tert-alkyl or cyclic N) is 1. The molecule has 1 fully saturated rings. The van der Waals surface area contributed by atoms with Crippen molar-refractivity contribution in [3.05, 3.63) is 71.3 Å². The number of hydrogen-bond acceptors (Lipinski definition) is 7. The summed E-state index contributed by atoms with van der Waals surface area (Å²) in [4.78, 5) is 6.55. The van der Waals surface area contributed by atoms with Gasteiger partial charge < -0.3 is 28.6 Å². The van der Waals surface area contributed by atoms with Crippen LogP contribution in [0.1, 0.15) is 24.7 Å². The van der Waals surface area contributed by atoms with Gasteiger partial charge in [-0.1, -0.05) is 24.6 Å². The number of aryl methyl sites for hydroxylation is 2. The molecule has 0 unspecified atom stereocenters. The van der Waals surface area contributed by atoms with Crippen LogP contribution in [0.25, 0.3) is 0 Å². The number of nitrogens with zero attached hydrogens (tertiary/aromatic N) is 3. The Bertz CT molecular complexity index is 1120. The standard InChI is InChI=1S/C28H36ClN3O5/c1-3-27-30-11-13-32(27)12-4-15-36-26-17-22(5-10-25(26)34-2)18-31-14-16-35-20-28(33,19-31)21-37-24-8-6-23(29)7-9-24/h5-11,13,17,33H,3-4,12,14-16,18-21H2,1-2H3/t28-/m0/s1. The van der Waals surface area contributed by atoms with E-state index in [1.165, 1.54) is 0 Å². The monoisotopic (exact) mass is 529 g/mol. The molecule has 0 spiro atoms. The third-order valence-electron chi connectivity index (χ3n) is 6.31. The van der Waals surface area contributed by atoms with Crippen LogP contribution in [0.2, 0.25) is 5.02 Å². The van der Waals surface area contributed by atoms with Crippen LogP contribution in [0.3, 0.4) is 0 Å². The molecule has 2 heterocycles. The second kappa shape index (κ2) is 13.1. The van der Waals surface area contributed by atoms with Gasteiger partial charge in [0.15, 0.2) is 11.5 Å². The fourth-order valence-electron chi connectivity index (χ4n) is 4.43. The molecule has 1 aromatic heterocycles. The molecule has 0 aliphatic carbocycles. The number of aliphatic hydroxyl groups is 1. The average molecular weight is 530 g/mol. The maximum absolute atomic E-state index is 11.2. The number of halogens is 1. The van der Waals surface area contributed by atoms with E-state index in [1.54, 1.807) is 31.4 Å². The second-order valence-corrected chi connectivity index (χ2v) is 9.74. The zero-order valence-corrected chi connectivity index (χ0v) is 22.3. The van der Waals surface area contributed by atoms with Crippen LogP contribution in [-0.2, 0) is 24.2 Å². The molecule has 200 valence electrons. The minimum Gasteiger partial charge on any atom is -0.493 e. The van der Waals surface area contributed by atoms with Crippen LogP contribution in [0.15, 0.2) is 54.9 Å². The van der Waals surface area contributed by atoms with Crippen LogP contribution >= 0.6 is 11.6 Å². The number of ether oxygens (including phenoxy) is 4. The summed E-state index contributed by atoms with van der Waals surface area (Å²) in [6.45, 7) is 6.18. The summed E-state index contributed by atoms with van der Waals surface area (Å²) in [5.41, 5.74) is -0.0615. The van der Waals surface area contributed by atoms with Gasteiger partial charge in [-0.3, -0.25) is 4.90 Å². The first-order valence-electron chi connectivity index (χ1n) is 12.7. The molecule has 1 N–H and O–H groups in total. The fraction of sp³-hybridized carbons (Fsp3) is 0.464. The normalized spacial score (nSPS) is 18.4. The summed E-state index contributed by atoms with van der Waals surface area (Å²) in [5, 5.41) is 11.9. The van der Waals surface area contributed by atoms with Crippen molar-refractivity contribution < 1.29 is 24.1 Å². The summed E-state index contributed by atoms with van der Waals surface area (Å²) >= 11 is 5.95. The summed E-state index contributed by atoms with van der Waals surface area (Å²) in [6, 6.07) is 13.1. The Labute approximate surface area is 223 Å². The van der Waals surface area contributed by atoms with Gasteiger partial charge in [0.05, 0.1) is 26.9 Å². The van der Waals surface area contributed by atoms with E-state index in [1.807, 2.05) is 30.6 Å². The van der Waals surface area contributed by atoms with Crippen LogP contribution in [-0.4, -0.2) is 71.8 Å². The molecule has 1 saturated heterocycles. The van der Waals surface area contributed by atoms with E-state index < -0.39 is 5.60 Å². The van der Waals surface area contributed by atoms with E-state index in [-0.39, 0.29) is 13.2 Å². The van der Waals surface area contributed by atoms with Crippen molar-refractivity contribution in [2.75, 3.05) is 46.6 Å². The topological polar surface area (TPSA) is 78.2 Å². The van der Waals surface area contributed by atoms with Crippen molar-refractivity contribution in [1.29, 1.82) is 0 Å². The highest BCUT2D eigenvalue weighted by Crippen LogP contribution is 2.29. The smallest absolute Gasteiger partial charge is 0.161 e. The first-order chi connectivity index (χ1) is 18.0. The van der Waals surface area contributed by atoms with Crippen LogP contribution in [0, 0.1) is 0 Å². The van der Waals surface area contributed by atoms with Gasteiger partial charge in [-0.2, -0.15) is 0 Å². The molecule has 1 atom stereocenters. The highest BCUT2D eigenvalue weighted by molar-refractivity contribution is 6.30. The van der Waals surface area contributed by atoms with Gasteiger partial charge in [0.2, 0.25) is 0 Å². The minimum atomic E-state index is -1.13. The Morgan fingerprint density at radius 1 is 1.14 bits per heavy atom. The number of hydrogen-bond donors (Lipinski definition) is 1. The van der Waals surface area contributed by atoms with Gasteiger partial charge in [0, 0.05) is 50.0 Å². The Morgan fingerprint density at radius 3 is 2.76 bits per heavy atom. The predicted molar refractivity (Wildman–Crippen MR) is 143 cm³/mol. The molecular weight excluding hydrogens is 494 g/mol. The lowest BCUT2D eigenvalue weighted by Crippen LogP contribution is -2.48. The van der Waals surface area contributed by atoms with Gasteiger partial charge in [0.25, 0.3) is 0 Å². The van der Waals surface area contributed by atoms with E-state index in [4.69, 9.17) is 30.5 Å². The largest absolute Gasteiger partial charge is 0.493 e. The lowest BCUT2D eigenvalue weighted by atomic mass is 10.1. The van der Waals surface area contributed by atoms with Crippen LogP contribution in [0.5, 0.6) is 17.2 Å². The number of aromatic nitrogens is 2. The van der Waals surface area contributed by atoms with E-state index in [0.717, 1.165) is 30.8 Å². The molecule has 2 aromatic carbocycles. The summed E-state index contributed by atoms with van der Waals surface area (Å²) < 4.78 is 25.4. The lowest BCUT2D eigenvalue weighted by Gasteiger charge is -2.30. The van der Waals surface area contributed by atoms with Crippen molar-refractivity contribution in [2.24, 2.45) is 0 Å². The van der Waals surface area contributed by atoms with Gasteiger partial charge in [0.1, 0.15) is 23.8 Å². The third kappa shape index (κ3) is 7.85. The summed E-state index contributed by atoms with van der Waals surface area (Å²) in [7, 11) is 1.65. The lowest BCUT2D eigenvalue weighted by molar-refractivity contribution is -0.0646. The SMILES string of the molecule is CCc1nccn1CCCOc1cc(CN2CCOC[C@](O)(COc3ccc(Cl)cc3)C2)ccc1OC. The molecule has 3 aromatic rings. The molecular formula is C28H36ClN3O5. The van der Waals surface area contributed by atoms with E-state index >= 15 is 0 Å². The van der Waals surface area contributed by atoms with Gasteiger partial charge in [-0.05, 0) is 48.4 Å². The Kier molecular flexibility index (Phi) is 9.68. The first kappa shape index (κ1) is 27.3. The van der Waals surface area contributed by atoms with Crippen LogP contribution in [0.4, 0.5) is 0 Å². The van der Waals surface area contributed by atoms with Crippen molar-refractivity contribution in [3.8, 4) is 17.2 Å². The first-order valence-corrected chi connectivity index (χ1v) is 13.1. The van der Waals surface area contributed by atoms with Gasteiger partial charge in [-0.25, -0.2) is 4.98 Å². The van der Waals surface area contributed by atoms with Crippen molar-refractivity contribution in [1.82, 2.24) is 14.5 Å². The molecule has 8 nitrogen and oxygen atoms in total. The number of imidazole rings is 1. The molecule has 0 radical (unpaired) electrons. The average Bonchev–Trinajstić information content (AvgIpc) is 3.28. The van der Waals surface area contributed by atoms with E-state index in [0.29, 0.717) is 55.1 Å². The molecule has 0 amide bonds. The van der Waals surface area contributed by atoms with Crippen molar-refractivity contribution in [3.63, 3.8) is 0 Å². The highest BCUT2D eigenvalue weighted by Gasteiger charge is 2.33.